The van der Waals surface area contributed by atoms with Crippen LogP contribution < -0.4 is 0 Å². The minimum Gasteiger partial charge on any atom is -0.284 e. The van der Waals surface area contributed by atoms with Gasteiger partial charge in [-0.05, 0) is 42.3 Å². The molecule has 1 aromatic carbocycles. The summed E-state index contributed by atoms with van der Waals surface area (Å²) in [4.78, 5) is 2.36. The molecule has 1 aromatic heterocycles. The Morgan fingerprint density at radius 1 is 0.895 bits per heavy atom. The van der Waals surface area contributed by atoms with Gasteiger partial charge in [0.25, 0.3) is 0 Å². The third-order valence-corrected chi connectivity index (χ3v) is 4.37. The van der Waals surface area contributed by atoms with Gasteiger partial charge in [-0.1, -0.05) is 48.9 Å². The van der Waals surface area contributed by atoms with E-state index in [2.05, 4.69) is 29.2 Å². The summed E-state index contributed by atoms with van der Waals surface area (Å²) in [5, 5.41) is 4.08. The first kappa shape index (κ1) is 14.6. The van der Waals surface area contributed by atoms with Crippen molar-refractivity contribution in [1.82, 2.24) is 4.90 Å². The number of nitrogens with zero attached hydrogens (tertiary/aromatic N) is 1. The smallest absolute Gasteiger partial charge is 0.111 e. The molecule has 1 fully saturated rings. The van der Waals surface area contributed by atoms with Gasteiger partial charge in [0.05, 0.1) is 0 Å². The van der Waals surface area contributed by atoms with Gasteiger partial charge in [-0.2, -0.15) is 11.3 Å². The fourth-order valence-electron chi connectivity index (χ4n) is 2.19. The highest BCUT2D eigenvalue weighted by Gasteiger charge is 2.19. The maximum Gasteiger partial charge on any atom is 0.111 e. The molecule has 1 nitrogen and oxygen atoms in total. The fraction of sp³-hybridized carbons (Fsp3) is 0.375. The van der Waals surface area contributed by atoms with Gasteiger partial charge in [-0.3, -0.25) is 4.90 Å². The molecule has 1 saturated heterocycles. The molecular formula is C16H20ClNS. The van der Waals surface area contributed by atoms with Crippen LogP contribution in [-0.4, -0.2) is 18.0 Å². The van der Waals surface area contributed by atoms with Crippen LogP contribution in [0.15, 0.2) is 53.2 Å². The lowest BCUT2D eigenvalue weighted by Gasteiger charge is -2.30. The van der Waals surface area contributed by atoms with E-state index in [-0.39, 0.29) is 5.50 Å². The second-order valence-corrected chi connectivity index (χ2v) is 5.87. The number of alkyl halides is 1. The third-order valence-electron chi connectivity index (χ3n) is 3.21. The minimum atomic E-state index is 0.0662. The maximum atomic E-state index is 6.41. The van der Waals surface area contributed by atoms with Gasteiger partial charge >= 0.3 is 0 Å². The average molecular weight is 294 g/mol. The fourth-order valence-corrected chi connectivity index (χ4v) is 2.99. The molecule has 0 amide bonds. The van der Waals surface area contributed by atoms with E-state index in [1.54, 1.807) is 11.3 Å². The zero-order chi connectivity index (χ0) is 13.3. The second kappa shape index (κ2) is 8.36. The Hall–Kier alpha value is -0.830. The Morgan fingerprint density at radius 3 is 2.05 bits per heavy atom. The second-order valence-electron chi connectivity index (χ2n) is 4.64. The Morgan fingerprint density at radius 2 is 1.53 bits per heavy atom. The van der Waals surface area contributed by atoms with Crippen molar-refractivity contribution in [2.75, 3.05) is 13.1 Å². The number of rotatable bonds is 2. The maximum absolute atomic E-state index is 6.41. The van der Waals surface area contributed by atoms with Crippen molar-refractivity contribution in [2.45, 2.75) is 24.8 Å². The van der Waals surface area contributed by atoms with E-state index >= 15 is 0 Å². The number of thiophene rings is 1. The van der Waals surface area contributed by atoms with Crippen LogP contribution in [0.5, 0.6) is 0 Å². The van der Waals surface area contributed by atoms with Gasteiger partial charge in [-0.25, -0.2) is 0 Å². The number of piperidine rings is 1. The Balaban J connectivity index is 0.000000224. The molecule has 1 atom stereocenters. The van der Waals surface area contributed by atoms with Crippen LogP contribution in [0, 0.1) is 0 Å². The molecule has 0 saturated carbocycles. The summed E-state index contributed by atoms with van der Waals surface area (Å²) in [5.74, 6) is 0. The number of hydrogen-bond acceptors (Lipinski definition) is 2. The summed E-state index contributed by atoms with van der Waals surface area (Å²) in [7, 11) is 0. The molecule has 102 valence electrons. The molecule has 0 bridgehead atoms. The molecule has 0 spiro atoms. The van der Waals surface area contributed by atoms with E-state index in [1.807, 2.05) is 29.0 Å². The van der Waals surface area contributed by atoms with E-state index in [9.17, 15) is 0 Å². The number of halogens is 1. The molecular weight excluding hydrogens is 274 g/mol. The van der Waals surface area contributed by atoms with Crippen molar-refractivity contribution in [2.24, 2.45) is 0 Å². The van der Waals surface area contributed by atoms with Crippen molar-refractivity contribution in [1.29, 1.82) is 0 Å². The molecule has 0 N–H and O–H groups in total. The standard InChI is InChI=1S/C12H16ClN.C4H4S/c13-12(11-7-3-1-4-8-11)14-9-5-2-6-10-14;1-2-4-5-3-1/h1,3-4,7-8,12H,2,5-6,9-10H2;1-4H. The summed E-state index contributed by atoms with van der Waals surface area (Å²) in [6, 6.07) is 14.4. The highest BCUT2D eigenvalue weighted by Crippen LogP contribution is 2.27. The van der Waals surface area contributed by atoms with Crippen LogP contribution in [-0.2, 0) is 0 Å². The lowest BCUT2D eigenvalue weighted by molar-refractivity contribution is 0.211. The average Bonchev–Trinajstić information content (AvgIpc) is 3.08. The van der Waals surface area contributed by atoms with Crippen LogP contribution in [0.1, 0.15) is 30.3 Å². The zero-order valence-electron chi connectivity index (χ0n) is 11.0. The van der Waals surface area contributed by atoms with Gasteiger partial charge in [0.15, 0.2) is 0 Å². The van der Waals surface area contributed by atoms with Crippen molar-refractivity contribution >= 4 is 22.9 Å². The van der Waals surface area contributed by atoms with Crippen LogP contribution in [0.3, 0.4) is 0 Å². The van der Waals surface area contributed by atoms with Crippen molar-refractivity contribution in [3.63, 3.8) is 0 Å². The molecule has 0 radical (unpaired) electrons. The number of benzene rings is 1. The molecule has 1 aliphatic rings. The molecule has 1 unspecified atom stereocenters. The SMILES string of the molecule is ClC(c1ccccc1)N1CCCCC1.c1ccsc1. The Bertz CT molecular complexity index is 406. The Kier molecular flexibility index (Phi) is 6.42. The quantitative estimate of drug-likeness (QED) is 0.546. The lowest BCUT2D eigenvalue weighted by atomic mass is 10.1. The van der Waals surface area contributed by atoms with Crippen molar-refractivity contribution in [3.8, 4) is 0 Å². The largest absolute Gasteiger partial charge is 0.284 e. The molecule has 2 aromatic rings. The summed E-state index contributed by atoms with van der Waals surface area (Å²) < 4.78 is 0. The van der Waals surface area contributed by atoms with E-state index in [4.69, 9.17) is 11.6 Å². The summed E-state index contributed by atoms with van der Waals surface area (Å²) >= 11 is 8.12. The van der Waals surface area contributed by atoms with Crippen LogP contribution in [0.2, 0.25) is 0 Å². The molecule has 3 heteroatoms. The summed E-state index contributed by atoms with van der Waals surface area (Å²) in [6.45, 7) is 2.28. The number of likely N-dealkylation sites (tertiary alicyclic amines) is 1. The van der Waals surface area contributed by atoms with Gasteiger partial charge in [0, 0.05) is 0 Å². The predicted octanol–water partition coefficient (Wildman–Crippen LogP) is 5.16. The first-order valence-corrected chi connectivity index (χ1v) is 8.16. The van der Waals surface area contributed by atoms with E-state index in [1.165, 1.54) is 24.8 Å². The minimum absolute atomic E-state index is 0.0662. The van der Waals surface area contributed by atoms with E-state index in [0.29, 0.717) is 0 Å². The topological polar surface area (TPSA) is 3.24 Å². The van der Waals surface area contributed by atoms with Gasteiger partial charge in [-0.15, -0.1) is 11.6 Å². The summed E-state index contributed by atoms with van der Waals surface area (Å²) in [6.07, 6.45) is 3.93. The van der Waals surface area contributed by atoms with Crippen molar-refractivity contribution in [3.05, 3.63) is 58.8 Å². The molecule has 3 rings (SSSR count). The molecule has 2 heterocycles. The highest BCUT2D eigenvalue weighted by atomic mass is 35.5. The van der Waals surface area contributed by atoms with Crippen LogP contribution in [0.25, 0.3) is 0 Å². The third kappa shape index (κ3) is 4.98. The number of hydrogen-bond donors (Lipinski definition) is 0. The summed E-state index contributed by atoms with van der Waals surface area (Å²) in [5.41, 5.74) is 1.28. The highest BCUT2D eigenvalue weighted by molar-refractivity contribution is 7.07. The van der Waals surface area contributed by atoms with Gasteiger partial charge < -0.3 is 0 Å². The molecule has 0 aliphatic carbocycles. The zero-order valence-corrected chi connectivity index (χ0v) is 12.6. The van der Waals surface area contributed by atoms with E-state index < -0.39 is 0 Å². The van der Waals surface area contributed by atoms with E-state index in [0.717, 1.165) is 13.1 Å². The van der Waals surface area contributed by atoms with Gasteiger partial charge in [0.1, 0.15) is 5.50 Å². The first-order valence-electron chi connectivity index (χ1n) is 6.78. The first-order chi connectivity index (χ1) is 9.38. The predicted molar refractivity (Wildman–Crippen MR) is 84.8 cm³/mol. The lowest BCUT2D eigenvalue weighted by Crippen LogP contribution is -2.31. The monoisotopic (exact) mass is 293 g/mol. The van der Waals surface area contributed by atoms with Crippen LogP contribution >= 0.6 is 22.9 Å². The molecule has 19 heavy (non-hydrogen) atoms. The Labute approximate surface area is 124 Å². The van der Waals surface area contributed by atoms with Gasteiger partial charge in [0.2, 0.25) is 0 Å². The molecule has 1 aliphatic heterocycles. The van der Waals surface area contributed by atoms with Crippen molar-refractivity contribution < 1.29 is 0 Å². The normalized spacial score (nSPS) is 17.3. The van der Waals surface area contributed by atoms with Crippen LogP contribution in [0.4, 0.5) is 0 Å².